The van der Waals surface area contributed by atoms with Gasteiger partial charge in [-0.1, -0.05) is 35.0 Å². The Morgan fingerprint density at radius 1 is 1.13 bits per heavy atom. The van der Waals surface area contributed by atoms with Crippen LogP contribution in [0, 0.1) is 12.3 Å². The SMILES string of the molecule is Cc1ccc(CCc2c(-c3ccc[nH]c3=O)n(CCC(=N)N)c3ccc(C(=O)NCc4ccon4)cc23)cc1. The van der Waals surface area contributed by atoms with Crippen LogP contribution in [0.5, 0.6) is 0 Å². The van der Waals surface area contributed by atoms with Gasteiger partial charge in [0.1, 0.15) is 12.0 Å². The number of aromatic amines is 1. The summed E-state index contributed by atoms with van der Waals surface area (Å²) in [5, 5.41) is 15.4. The fraction of sp³-hybridized carbons (Fsp3) is 0.200. The van der Waals surface area contributed by atoms with Gasteiger partial charge < -0.3 is 25.1 Å². The summed E-state index contributed by atoms with van der Waals surface area (Å²) in [5.41, 5.74) is 12.2. The summed E-state index contributed by atoms with van der Waals surface area (Å²) in [7, 11) is 0. The molecule has 3 heterocycles. The van der Waals surface area contributed by atoms with Crippen LogP contribution >= 0.6 is 0 Å². The zero-order valence-corrected chi connectivity index (χ0v) is 21.7. The van der Waals surface area contributed by atoms with E-state index in [1.165, 1.54) is 17.4 Å². The molecule has 0 spiro atoms. The maximum Gasteiger partial charge on any atom is 0.257 e. The number of nitrogens with one attached hydrogen (secondary N) is 3. The van der Waals surface area contributed by atoms with Crippen LogP contribution in [0.4, 0.5) is 0 Å². The van der Waals surface area contributed by atoms with Crippen LogP contribution in [-0.2, 0) is 25.9 Å². The molecule has 0 aliphatic carbocycles. The van der Waals surface area contributed by atoms with E-state index in [0.29, 0.717) is 36.2 Å². The number of pyridine rings is 1. The van der Waals surface area contributed by atoms with Crippen molar-refractivity contribution in [1.82, 2.24) is 20.0 Å². The number of benzene rings is 2. The minimum absolute atomic E-state index is 0.0647. The third-order valence-corrected chi connectivity index (χ3v) is 6.81. The molecule has 0 aliphatic rings. The number of amidine groups is 1. The first-order valence-corrected chi connectivity index (χ1v) is 12.8. The number of carbonyl (C=O) groups is 1. The minimum Gasteiger partial charge on any atom is -0.388 e. The first-order chi connectivity index (χ1) is 18.9. The Labute approximate surface area is 225 Å². The second-order valence-electron chi connectivity index (χ2n) is 9.56. The number of rotatable bonds is 10. The Kier molecular flexibility index (Phi) is 7.40. The van der Waals surface area contributed by atoms with Crippen LogP contribution in [-0.4, -0.2) is 26.5 Å². The Balaban J connectivity index is 1.62. The normalized spacial score (nSPS) is 11.1. The molecule has 3 aromatic heterocycles. The lowest BCUT2D eigenvalue weighted by Crippen LogP contribution is -2.22. The number of aryl methyl sites for hydroxylation is 4. The summed E-state index contributed by atoms with van der Waals surface area (Å²) in [5.74, 6) is -0.171. The van der Waals surface area contributed by atoms with E-state index < -0.39 is 0 Å². The second kappa shape index (κ2) is 11.2. The number of amides is 1. The average molecular weight is 523 g/mol. The number of nitrogens with two attached hydrogens (primary N) is 1. The molecular weight excluding hydrogens is 492 g/mol. The number of fused-ring (bicyclic) bond motifs is 1. The molecule has 0 aliphatic heterocycles. The van der Waals surface area contributed by atoms with Crippen LogP contribution in [0.2, 0.25) is 0 Å². The fourth-order valence-electron chi connectivity index (χ4n) is 4.82. The van der Waals surface area contributed by atoms with Gasteiger partial charge in [0, 0.05) is 41.7 Å². The van der Waals surface area contributed by atoms with E-state index in [-0.39, 0.29) is 23.8 Å². The first kappa shape index (κ1) is 25.7. The van der Waals surface area contributed by atoms with Gasteiger partial charge in [-0.3, -0.25) is 15.0 Å². The van der Waals surface area contributed by atoms with Crippen molar-refractivity contribution in [2.24, 2.45) is 5.73 Å². The number of hydrogen-bond acceptors (Lipinski definition) is 5. The van der Waals surface area contributed by atoms with Crippen molar-refractivity contribution in [2.75, 3.05) is 0 Å². The minimum atomic E-state index is -0.236. The molecule has 198 valence electrons. The van der Waals surface area contributed by atoms with E-state index >= 15 is 0 Å². The maximum atomic E-state index is 13.1. The van der Waals surface area contributed by atoms with Gasteiger partial charge in [0.15, 0.2) is 0 Å². The van der Waals surface area contributed by atoms with Crippen molar-refractivity contribution < 1.29 is 9.32 Å². The average Bonchev–Trinajstić information content (AvgIpc) is 3.56. The molecule has 5 N–H and O–H groups in total. The third kappa shape index (κ3) is 5.67. The molecule has 0 fully saturated rings. The lowest BCUT2D eigenvalue weighted by Gasteiger charge is -2.12. The lowest BCUT2D eigenvalue weighted by atomic mass is 9.97. The number of H-pyrrole nitrogens is 1. The highest BCUT2D eigenvalue weighted by molar-refractivity contribution is 6.01. The molecule has 0 bridgehead atoms. The molecule has 5 rings (SSSR count). The van der Waals surface area contributed by atoms with Gasteiger partial charge in [0.25, 0.3) is 11.5 Å². The van der Waals surface area contributed by atoms with Crippen LogP contribution in [0.3, 0.4) is 0 Å². The highest BCUT2D eigenvalue weighted by Crippen LogP contribution is 2.34. The summed E-state index contributed by atoms with van der Waals surface area (Å²) in [6.07, 6.45) is 4.81. The van der Waals surface area contributed by atoms with E-state index in [2.05, 4.69) is 46.6 Å². The van der Waals surface area contributed by atoms with Crippen molar-refractivity contribution >= 4 is 22.6 Å². The Hall–Kier alpha value is -4.92. The zero-order chi connectivity index (χ0) is 27.4. The standard InChI is InChI=1S/C30H30N6O3/c1-19-4-6-20(7-5-19)8-10-23-25-17-21(29(37)34-18-22-13-16-39-35-22)9-11-26(25)36(15-12-27(31)32)28(23)24-3-2-14-33-30(24)38/h2-7,9,11,13-14,16-17H,8,10,12,15,18H2,1H3,(H3,31,32)(H,33,38)(H,34,37). The van der Waals surface area contributed by atoms with Crippen LogP contribution < -0.4 is 16.6 Å². The van der Waals surface area contributed by atoms with E-state index in [1.54, 1.807) is 30.5 Å². The molecule has 1 amide bonds. The van der Waals surface area contributed by atoms with Gasteiger partial charge in [-0.25, -0.2) is 0 Å². The predicted octanol–water partition coefficient (Wildman–Crippen LogP) is 4.33. The lowest BCUT2D eigenvalue weighted by molar-refractivity contribution is 0.0950. The molecule has 9 nitrogen and oxygen atoms in total. The molecule has 0 unspecified atom stereocenters. The van der Waals surface area contributed by atoms with Crippen molar-refractivity contribution in [3.05, 3.63) is 111 Å². The molecule has 0 saturated heterocycles. The van der Waals surface area contributed by atoms with E-state index in [1.807, 2.05) is 16.7 Å². The van der Waals surface area contributed by atoms with Gasteiger partial charge in [-0.05, 0) is 61.2 Å². The van der Waals surface area contributed by atoms with Crippen molar-refractivity contribution in [1.29, 1.82) is 5.41 Å². The predicted molar refractivity (Wildman–Crippen MR) is 151 cm³/mol. The van der Waals surface area contributed by atoms with E-state index in [4.69, 9.17) is 15.7 Å². The van der Waals surface area contributed by atoms with Gasteiger partial charge in [-0.15, -0.1) is 0 Å². The quantitative estimate of drug-likeness (QED) is 0.159. The monoisotopic (exact) mass is 522 g/mol. The van der Waals surface area contributed by atoms with Crippen molar-refractivity contribution in [3.63, 3.8) is 0 Å². The largest absolute Gasteiger partial charge is 0.388 e. The Morgan fingerprint density at radius 3 is 2.67 bits per heavy atom. The third-order valence-electron chi connectivity index (χ3n) is 6.81. The summed E-state index contributed by atoms with van der Waals surface area (Å²) in [6.45, 7) is 2.73. The molecule has 2 aromatic carbocycles. The Bertz CT molecular complexity index is 1680. The van der Waals surface area contributed by atoms with Crippen molar-refractivity contribution in [2.45, 2.75) is 39.3 Å². The molecule has 0 radical (unpaired) electrons. The highest BCUT2D eigenvalue weighted by Gasteiger charge is 2.22. The Morgan fingerprint density at radius 2 is 1.95 bits per heavy atom. The first-order valence-electron chi connectivity index (χ1n) is 12.8. The number of nitrogens with zero attached hydrogens (tertiary/aromatic N) is 2. The van der Waals surface area contributed by atoms with Gasteiger partial charge in [-0.2, -0.15) is 0 Å². The maximum absolute atomic E-state index is 13.1. The zero-order valence-electron chi connectivity index (χ0n) is 21.7. The van der Waals surface area contributed by atoms with Gasteiger partial charge in [0.2, 0.25) is 0 Å². The molecule has 5 aromatic rings. The topological polar surface area (TPSA) is 143 Å². The second-order valence-corrected chi connectivity index (χ2v) is 9.56. The number of hydrogen-bond donors (Lipinski definition) is 4. The molecular formula is C30H30N6O3. The van der Waals surface area contributed by atoms with Crippen LogP contribution in [0.1, 0.15) is 39.2 Å². The summed E-state index contributed by atoms with van der Waals surface area (Å²) in [6, 6.07) is 19.3. The fourth-order valence-corrected chi connectivity index (χ4v) is 4.82. The van der Waals surface area contributed by atoms with Crippen LogP contribution in [0.25, 0.3) is 22.2 Å². The molecule has 39 heavy (non-hydrogen) atoms. The van der Waals surface area contributed by atoms with Crippen molar-refractivity contribution in [3.8, 4) is 11.3 Å². The summed E-state index contributed by atoms with van der Waals surface area (Å²) in [4.78, 5) is 28.9. The molecule has 0 saturated carbocycles. The van der Waals surface area contributed by atoms with E-state index in [0.717, 1.165) is 28.6 Å². The molecule has 0 atom stereocenters. The molecule has 9 heteroatoms. The van der Waals surface area contributed by atoms with Crippen LogP contribution in [0.15, 0.2) is 82.4 Å². The number of aromatic nitrogens is 3. The van der Waals surface area contributed by atoms with Gasteiger partial charge >= 0.3 is 0 Å². The summed E-state index contributed by atoms with van der Waals surface area (Å²) >= 11 is 0. The number of carbonyl (C=O) groups excluding carboxylic acids is 1. The van der Waals surface area contributed by atoms with E-state index in [9.17, 15) is 9.59 Å². The smallest absolute Gasteiger partial charge is 0.257 e. The highest BCUT2D eigenvalue weighted by atomic mass is 16.5. The summed E-state index contributed by atoms with van der Waals surface area (Å²) < 4.78 is 6.89. The van der Waals surface area contributed by atoms with Gasteiger partial charge in [0.05, 0.1) is 23.6 Å².